The van der Waals surface area contributed by atoms with Crippen LogP contribution in [0, 0.1) is 0 Å². The predicted molar refractivity (Wildman–Crippen MR) is 97.6 cm³/mol. The number of aromatic nitrogens is 2. The van der Waals surface area contributed by atoms with Gasteiger partial charge in [0.05, 0.1) is 0 Å². The summed E-state index contributed by atoms with van der Waals surface area (Å²) in [5.41, 5.74) is 1.29. The van der Waals surface area contributed by atoms with Crippen LogP contribution in [0.4, 0.5) is 0 Å². The van der Waals surface area contributed by atoms with E-state index in [4.69, 9.17) is 4.74 Å². The first-order valence-electron chi connectivity index (χ1n) is 9.25. The van der Waals surface area contributed by atoms with Gasteiger partial charge < -0.3 is 9.30 Å². The molecule has 130 valence electrons. The lowest BCUT2D eigenvalue weighted by Gasteiger charge is -2.32. The Morgan fingerprint density at radius 1 is 1.25 bits per heavy atom. The fourth-order valence-corrected chi connectivity index (χ4v) is 3.64. The van der Waals surface area contributed by atoms with Crippen LogP contribution in [0.1, 0.15) is 44.0 Å². The van der Waals surface area contributed by atoms with Crippen LogP contribution in [0.3, 0.4) is 0 Å². The summed E-state index contributed by atoms with van der Waals surface area (Å²) in [5.74, 6) is 2.84. The monoisotopic (exact) mass is 327 g/mol. The van der Waals surface area contributed by atoms with Gasteiger partial charge in [0.1, 0.15) is 18.2 Å². The molecule has 1 aliphatic rings. The molecule has 1 fully saturated rings. The molecular weight excluding hydrogens is 298 g/mol. The highest BCUT2D eigenvalue weighted by Crippen LogP contribution is 2.26. The summed E-state index contributed by atoms with van der Waals surface area (Å²) in [5, 5.41) is 0. The summed E-state index contributed by atoms with van der Waals surface area (Å²) in [7, 11) is 0. The molecule has 1 aromatic carbocycles. The Labute approximate surface area is 145 Å². The molecule has 1 saturated heterocycles. The maximum atomic E-state index is 6.04. The second kappa shape index (κ2) is 8.34. The van der Waals surface area contributed by atoms with Gasteiger partial charge in [0.15, 0.2) is 0 Å². The molecule has 4 nitrogen and oxygen atoms in total. The second-order valence-electron chi connectivity index (χ2n) is 6.52. The van der Waals surface area contributed by atoms with Gasteiger partial charge in [-0.2, -0.15) is 0 Å². The minimum atomic E-state index is 0.552. The lowest BCUT2D eigenvalue weighted by atomic mass is 9.97. The topological polar surface area (TPSA) is 30.3 Å². The summed E-state index contributed by atoms with van der Waals surface area (Å²) in [6.07, 6.45) is 7.53. The number of benzene rings is 1. The molecule has 0 unspecified atom stereocenters. The van der Waals surface area contributed by atoms with Gasteiger partial charge in [0.25, 0.3) is 0 Å². The normalized spacial score (nSPS) is 18.7. The van der Waals surface area contributed by atoms with Crippen LogP contribution in [-0.2, 0) is 13.0 Å². The Hall–Kier alpha value is -1.81. The van der Waals surface area contributed by atoms with Gasteiger partial charge in [0, 0.05) is 37.9 Å². The van der Waals surface area contributed by atoms with E-state index >= 15 is 0 Å². The first-order chi connectivity index (χ1) is 11.8. The van der Waals surface area contributed by atoms with Crippen molar-refractivity contribution in [2.75, 3.05) is 26.2 Å². The lowest BCUT2D eigenvalue weighted by Crippen LogP contribution is -2.37. The van der Waals surface area contributed by atoms with Crippen LogP contribution in [0.15, 0.2) is 36.7 Å². The van der Waals surface area contributed by atoms with Gasteiger partial charge in [-0.05, 0) is 44.4 Å². The van der Waals surface area contributed by atoms with Crippen LogP contribution in [0.2, 0.25) is 0 Å². The number of aryl methyl sites for hydroxylation is 2. The van der Waals surface area contributed by atoms with E-state index < -0.39 is 0 Å². The number of nitrogens with zero attached hydrogens (tertiary/aromatic N) is 3. The molecule has 4 heteroatoms. The summed E-state index contributed by atoms with van der Waals surface area (Å²) >= 11 is 0. The van der Waals surface area contributed by atoms with Gasteiger partial charge in [0.2, 0.25) is 0 Å². The molecule has 1 aliphatic heterocycles. The maximum Gasteiger partial charge on any atom is 0.122 e. The Bertz CT molecular complexity index is 637. The van der Waals surface area contributed by atoms with Crippen molar-refractivity contribution in [2.24, 2.45) is 0 Å². The number of ether oxygens (including phenoxy) is 1. The smallest absolute Gasteiger partial charge is 0.122 e. The van der Waals surface area contributed by atoms with Crippen molar-refractivity contribution < 1.29 is 4.74 Å². The van der Waals surface area contributed by atoms with Crippen LogP contribution in [0.5, 0.6) is 5.75 Å². The standard InChI is InChI=1S/C20H29N3O/c1-3-17-8-5-6-10-19(17)24-15-14-22-12-7-9-18(16-22)20-21-11-13-23(20)4-2/h5-6,8,10-11,13,18H,3-4,7,9,12,14-16H2,1-2H3/t18-/m0/s1. The van der Waals surface area contributed by atoms with Crippen molar-refractivity contribution in [3.8, 4) is 5.75 Å². The Morgan fingerprint density at radius 3 is 2.96 bits per heavy atom. The predicted octanol–water partition coefficient (Wildman–Crippen LogP) is 3.72. The minimum Gasteiger partial charge on any atom is -0.492 e. The minimum absolute atomic E-state index is 0.552. The second-order valence-corrected chi connectivity index (χ2v) is 6.52. The van der Waals surface area contributed by atoms with E-state index in [1.807, 2.05) is 6.20 Å². The zero-order valence-electron chi connectivity index (χ0n) is 14.9. The van der Waals surface area contributed by atoms with Crippen LogP contribution >= 0.6 is 0 Å². The highest BCUT2D eigenvalue weighted by molar-refractivity contribution is 5.33. The fourth-order valence-electron chi connectivity index (χ4n) is 3.64. The van der Waals surface area contributed by atoms with Crippen molar-refractivity contribution in [3.05, 3.63) is 48.0 Å². The van der Waals surface area contributed by atoms with Crippen molar-refractivity contribution in [1.82, 2.24) is 14.5 Å². The van der Waals surface area contributed by atoms with Gasteiger partial charge in [-0.15, -0.1) is 0 Å². The lowest BCUT2D eigenvalue weighted by molar-refractivity contribution is 0.166. The van der Waals surface area contributed by atoms with E-state index in [9.17, 15) is 0 Å². The number of para-hydroxylation sites is 1. The van der Waals surface area contributed by atoms with Crippen molar-refractivity contribution >= 4 is 0 Å². The molecule has 0 amide bonds. The van der Waals surface area contributed by atoms with E-state index in [2.05, 4.69) is 58.8 Å². The summed E-state index contributed by atoms with van der Waals surface area (Å²) < 4.78 is 8.32. The molecule has 1 aromatic heterocycles. The molecule has 0 N–H and O–H groups in total. The van der Waals surface area contributed by atoms with E-state index in [1.54, 1.807) is 0 Å². The molecule has 0 radical (unpaired) electrons. The number of hydrogen-bond acceptors (Lipinski definition) is 3. The summed E-state index contributed by atoms with van der Waals surface area (Å²) in [4.78, 5) is 7.13. The molecule has 2 heterocycles. The molecule has 0 spiro atoms. The zero-order valence-corrected chi connectivity index (χ0v) is 14.9. The molecule has 1 atom stereocenters. The van der Waals surface area contributed by atoms with Crippen molar-refractivity contribution in [2.45, 2.75) is 45.6 Å². The van der Waals surface area contributed by atoms with Crippen molar-refractivity contribution in [1.29, 1.82) is 0 Å². The quantitative estimate of drug-likeness (QED) is 0.776. The van der Waals surface area contributed by atoms with Gasteiger partial charge in [-0.3, -0.25) is 4.90 Å². The van der Waals surface area contributed by atoms with E-state index in [-0.39, 0.29) is 0 Å². The van der Waals surface area contributed by atoms with E-state index in [1.165, 1.54) is 30.8 Å². The van der Waals surface area contributed by atoms with E-state index in [0.717, 1.165) is 38.4 Å². The van der Waals surface area contributed by atoms with Crippen LogP contribution in [-0.4, -0.2) is 40.7 Å². The molecular formula is C20H29N3O. The highest BCUT2D eigenvalue weighted by atomic mass is 16.5. The van der Waals surface area contributed by atoms with Crippen LogP contribution < -0.4 is 4.74 Å². The maximum absolute atomic E-state index is 6.04. The Morgan fingerprint density at radius 2 is 2.12 bits per heavy atom. The number of piperidine rings is 1. The largest absolute Gasteiger partial charge is 0.492 e. The first kappa shape index (κ1) is 17.0. The molecule has 0 saturated carbocycles. The summed E-state index contributed by atoms with van der Waals surface area (Å²) in [6.45, 7) is 9.37. The highest BCUT2D eigenvalue weighted by Gasteiger charge is 2.24. The van der Waals surface area contributed by atoms with Crippen LogP contribution in [0.25, 0.3) is 0 Å². The fraction of sp³-hybridized carbons (Fsp3) is 0.550. The SMILES string of the molecule is CCc1ccccc1OCCN1CCC[C@H](c2nccn2CC)C1. The third-order valence-corrected chi connectivity index (χ3v) is 4.98. The van der Waals surface area contributed by atoms with Gasteiger partial charge in [-0.1, -0.05) is 25.1 Å². The molecule has 2 aromatic rings. The molecule has 0 bridgehead atoms. The van der Waals surface area contributed by atoms with Crippen molar-refractivity contribution in [3.63, 3.8) is 0 Å². The van der Waals surface area contributed by atoms with Gasteiger partial charge >= 0.3 is 0 Å². The Kier molecular flexibility index (Phi) is 5.91. The number of rotatable bonds is 7. The average Bonchev–Trinajstić information content (AvgIpc) is 3.11. The zero-order chi connectivity index (χ0) is 16.8. The third-order valence-electron chi connectivity index (χ3n) is 4.98. The Balaban J connectivity index is 1.52. The number of imidazole rings is 1. The number of likely N-dealkylation sites (tertiary alicyclic amines) is 1. The molecule has 0 aliphatic carbocycles. The van der Waals surface area contributed by atoms with E-state index in [0.29, 0.717) is 5.92 Å². The first-order valence-corrected chi connectivity index (χ1v) is 9.25. The molecule has 24 heavy (non-hydrogen) atoms. The third kappa shape index (κ3) is 3.99. The molecule has 3 rings (SSSR count). The number of hydrogen-bond donors (Lipinski definition) is 0. The van der Waals surface area contributed by atoms with Gasteiger partial charge in [-0.25, -0.2) is 4.98 Å². The summed E-state index contributed by atoms with van der Waals surface area (Å²) in [6, 6.07) is 8.36. The average molecular weight is 327 g/mol.